The first kappa shape index (κ1) is 19.2. The summed E-state index contributed by atoms with van der Waals surface area (Å²) in [5.41, 5.74) is 2.08. The van der Waals surface area contributed by atoms with Gasteiger partial charge in [0.25, 0.3) is 0 Å². The summed E-state index contributed by atoms with van der Waals surface area (Å²) in [6, 6.07) is 15.5. The van der Waals surface area contributed by atoms with Crippen LogP contribution in [-0.2, 0) is 11.2 Å². The van der Waals surface area contributed by atoms with Crippen molar-refractivity contribution in [2.24, 2.45) is 0 Å². The first-order chi connectivity index (χ1) is 12.2. The number of hydrogen-bond donors (Lipinski definition) is 2. The fraction of sp³-hybridized carbons (Fsp3) is 0.350. The van der Waals surface area contributed by atoms with Crippen LogP contribution < -0.4 is 14.8 Å². The minimum atomic E-state index is 0.0972. The highest BCUT2D eigenvalue weighted by Gasteiger charge is 2.14. The summed E-state index contributed by atoms with van der Waals surface area (Å²) in [4.78, 5) is 11.2. The molecule has 3 rings (SSSR count). The maximum atomic E-state index is 11.2. The van der Waals surface area contributed by atoms with E-state index in [2.05, 4.69) is 17.9 Å². The predicted octanol–water partition coefficient (Wildman–Crippen LogP) is 4.36. The maximum Gasteiger partial charge on any atom is 0.224 e. The van der Waals surface area contributed by atoms with Crippen molar-refractivity contribution in [2.75, 3.05) is 24.8 Å². The van der Waals surface area contributed by atoms with Crippen molar-refractivity contribution in [3.05, 3.63) is 54.1 Å². The lowest BCUT2D eigenvalue weighted by Gasteiger charge is -2.17. The molecule has 1 N–H and O–H groups in total. The molecule has 1 heterocycles. The largest absolute Gasteiger partial charge is 0.497 e. The van der Waals surface area contributed by atoms with E-state index in [4.69, 9.17) is 9.47 Å². The van der Waals surface area contributed by atoms with E-state index in [0.717, 1.165) is 54.4 Å². The fourth-order valence-electron chi connectivity index (χ4n) is 2.41. The second-order valence-corrected chi connectivity index (χ2v) is 6.11. The average Bonchev–Trinajstić information content (AvgIpc) is 2.66. The number of carbonyl (C=O) groups excluding carboxylic acids is 1. The first-order valence-corrected chi connectivity index (χ1v) is 9.11. The number of fused-ring (bicyclic) bond motifs is 1. The Hall–Kier alpha value is -2.14. The third-order valence-electron chi connectivity index (χ3n) is 3.77. The summed E-state index contributed by atoms with van der Waals surface area (Å²) in [6.45, 7) is 0.728. The third kappa shape index (κ3) is 6.70. The normalized spacial score (nSPS) is 12.3. The quantitative estimate of drug-likeness (QED) is 0.595. The van der Waals surface area contributed by atoms with Crippen molar-refractivity contribution in [3.63, 3.8) is 0 Å². The van der Waals surface area contributed by atoms with Gasteiger partial charge in [0.15, 0.2) is 0 Å². The highest BCUT2D eigenvalue weighted by molar-refractivity contribution is 7.80. The number of methoxy groups -OCH3 is 1. The Morgan fingerprint density at radius 1 is 1.04 bits per heavy atom. The Kier molecular flexibility index (Phi) is 8.19. The molecule has 0 saturated heterocycles. The molecule has 1 aliphatic rings. The van der Waals surface area contributed by atoms with Crippen LogP contribution in [0.3, 0.4) is 0 Å². The molecule has 0 aliphatic carbocycles. The summed E-state index contributed by atoms with van der Waals surface area (Å²) in [6.07, 6.45) is 3.46. The van der Waals surface area contributed by atoms with Crippen LogP contribution in [0.2, 0.25) is 0 Å². The van der Waals surface area contributed by atoms with Gasteiger partial charge in [0.2, 0.25) is 5.91 Å². The molecule has 0 atom stereocenters. The minimum absolute atomic E-state index is 0.0972. The molecule has 0 spiro atoms. The molecule has 1 aliphatic heterocycles. The van der Waals surface area contributed by atoms with Gasteiger partial charge in [-0.2, -0.15) is 12.6 Å². The van der Waals surface area contributed by atoms with Crippen molar-refractivity contribution in [3.8, 4) is 11.5 Å². The van der Waals surface area contributed by atoms with Gasteiger partial charge in [0.1, 0.15) is 11.5 Å². The van der Waals surface area contributed by atoms with E-state index in [9.17, 15) is 4.79 Å². The zero-order valence-corrected chi connectivity index (χ0v) is 15.4. The highest BCUT2D eigenvalue weighted by atomic mass is 32.1. The first-order valence-electron chi connectivity index (χ1n) is 8.48. The molecule has 0 fully saturated rings. The molecule has 4 nitrogen and oxygen atoms in total. The number of amides is 1. The van der Waals surface area contributed by atoms with Crippen molar-refractivity contribution in [1.82, 2.24) is 0 Å². The Balaban J connectivity index is 0.000000236. The molecule has 134 valence electrons. The molecule has 0 radical (unpaired) electrons. The number of para-hydroxylation sites is 1. The summed E-state index contributed by atoms with van der Waals surface area (Å²) in [7, 11) is 1.66. The average molecular weight is 359 g/mol. The van der Waals surface area contributed by atoms with E-state index >= 15 is 0 Å². The van der Waals surface area contributed by atoms with Crippen LogP contribution in [0, 0.1) is 0 Å². The number of anilines is 1. The molecule has 0 saturated carbocycles. The van der Waals surface area contributed by atoms with Gasteiger partial charge >= 0.3 is 0 Å². The van der Waals surface area contributed by atoms with Gasteiger partial charge in [-0.3, -0.25) is 4.79 Å². The molecule has 5 heteroatoms. The van der Waals surface area contributed by atoms with Gasteiger partial charge in [-0.15, -0.1) is 0 Å². The van der Waals surface area contributed by atoms with Crippen LogP contribution in [0.15, 0.2) is 48.5 Å². The lowest BCUT2D eigenvalue weighted by molar-refractivity contribution is -0.116. The number of benzene rings is 2. The van der Waals surface area contributed by atoms with Gasteiger partial charge in [0.05, 0.1) is 13.7 Å². The Bertz CT molecular complexity index is 661. The number of carbonyl (C=O) groups is 1. The second kappa shape index (κ2) is 10.7. The smallest absolute Gasteiger partial charge is 0.224 e. The van der Waals surface area contributed by atoms with Crippen molar-refractivity contribution in [1.29, 1.82) is 0 Å². The lowest BCUT2D eigenvalue weighted by Crippen LogP contribution is -2.18. The molecule has 25 heavy (non-hydrogen) atoms. The zero-order valence-electron chi connectivity index (χ0n) is 14.5. The van der Waals surface area contributed by atoms with Crippen molar-refractivity contribution in [2.45, 2.75) is 25.7 Å². The third-order valence-corrected chi connectivity index (χ3v) is 4.09. The molecule has 0 bridgehead atoms. The Morgan fingerprint density at radius 3 is 2.52 bits per heavy atom. The van der Waals surface area contributed by atoms with Crippen LogP contribution in [-0.4, -0.2) is 25.4 Å². The zero-order chi connectivity index (χ0) is 17.9. The molecule has 1 amide bonds. The second-order valence-electron chi connectivity index (χ2n) is 5.66. The molecular formula is C20H25NO3S. The number of aryl methyl sites for hydroxylation is 1. The molecular weight excluding hydrogens is 334 g/mol. The van der Waals surface area contributed by atoms with Crippen LogP contribution in [0.5, 0.6) is 11.5 Å². The standard InChI is InChI=1S/C13H17NO2S.C7H8O/c15-13-6-3-10-9-11(4-5-12(10)14-13)16-7-1-2-8-17;1-8-7-5-3-2-4-6-7/h4-5,9,17H,1-3,6-8H2,(H,14,15);2-6H,1H3. The van der Waals surface area contributed by atoms with Crippen molar-refractivity contribution < 1.29 is 14.3 Å². The van der Waals surface area contributed by atoms with Crippen LogP contribution in [0.4, 0.5) is 5.69 Å². The van der Waals surface area contributed by atoms with E-state index in [1.165, 1.54) is 0 Å². The number of ether oxygens (including phenoxy) is 2. The van der Waals surface area contributed by atoms with Gasteiger partial charge in [-0.25, -0.2) is 0 Å². The van der Waals surface area contributed by atoms with Crippen molar-refractivity contribution >= 4 is 24.2 Å². The van der Waals surface area contributed by atoms with E-state index in [1.807, 2.05) is 48.5 Å². The summed E-state index contributed by atoms with van der Waals surface area (Å²) in [5.74, 6) is 2.80. The summed E-state index contributed by atoms with van der Waals surface area (Å²) < 4.78 is 10.6. The Labute approximate surface area is 155 Å². The molecule has 2 aromatic rings. The van der Waals surface area contributed by atoms with Crippen LogP contribution in [0.1, 0.15) is 24.8 Å². The number of unbranched alkanes of at least 4 members (excludes halogenated alkanes) is 1. The van der Waals surface area contributed by atoms with E-state index < -0.39 is 0 Å². The summed E-state index contributed by atoms with van der Waals surface area (Å²) >= 11 is 4.16. The van der Waals surface area contributed by atoms with Crippen LogP contribution >= 0.6 is 12.6 Å². The fourth-order valence-corrected chi connectivity index (χ4v) is 2.63. The SMILES string of the molecule is COc1ccccc1.O=C1CCc2cc(OCCCCS)ccc2N1. The minimum Gasteiger partial charge on any atom is -0.497 e. The van der Waals surface area contributed by atoms with E-state index in [0.29, 0.717) is 6.42 Å². The topological polar surface area (TPSA) is 47.6 Å². The number of nitrogens with one attached hydrogen (secondary N) is 1. The van der Waals surface area contributed by atoms with E-state index in [-0.39, 0.29) is 5.91 Å². The molecule has 0 aromatic heterocycles. The number of rotatable bonds is 6. The maximum absolute atomic E-state index is 11.2. The monoisotopic (exact) mass is 359 g/mol. The van der Waals surface area contributed by atoms with Gasteiger partial charge in [-0.1, -0.05) is 18.2 Å². The van der Waals surface area contributed by atoms with Gasteiger partial charge in [-0.05, 0) is 60.9 Å². The predicted molar refractivity (Wildman–Crippen MR) is 105 cm³/mol. The van der Waals surface area contributed by atoms with Gasteiger partial charge in [0, 0.05) is 12.1 Å². The molecule has 2 aromatic carbocycles. The van der Waals surface area contributed by atoms with E-state index in [1.54, 1.807) is 7.11 Å². The number of hydrogen-bond acceptors (Lipinski definition) is 4. The van der Waals surface area contributed by atoms with Gasteiger partial charge < -0.3 is 14.8 Å². The molecule has 0 unspecified atom stereocenters. The lowest BCUT2D eigenvalue weighted by atomic mass is 10.0. The summed E-state index contributed by atoms with van der Waals surface area (Å²) in [5, 5.41) is 2.86. The van der Waals surface area contributed by atoms with Crippen LogP contribution in [0.25, 0.3) is 0 Å². The number of thiol groups is 1. The Morgan fingerprint density at radius 2 is 1.84 bits per heavy atom. The highest BCUT2D eigenvalue weighted by Crippen LogP contribution is 2.26.